The van der Waals surface area contributed by atoms with Crippen molar-refractivity contribution in [3.05, 3.63) is 12.3 Å². The summed E-state index contributed by atoms with van der Waals surface area (Å²) in [5.41, 5.74) is 2.32. The first kappa shape index (κ1) is 23.6. The molecule has 0 aromatic rings. The lowest BCUT2D eigenvalue weighted by molar-refractivity contribution is 0.121. The number of nitrogens with zero attached hydrogens (tertiary/aromatic N) is 6. The predicted octanol–water partition coefficient (Wildman–Crippen LogP) is 1.10. The molecule has 0 aliphatic carbocycles. The van der Waals surface area contributed by atoms with Gasteiger partial charge in [-0.2, -0.15) is 0 Å². The van der Waals surface area contributed by atoms with Crippen LogP contribution in [0.3, 0.4) is 0 Å². The molecule has 0 spiro atoms. The second-order valence-corrected chi connectivity index (χ2v) is 19.2. The van der Waals surface area contributed by atoms with Crippen LogP contribution in [0.4, 0.5) is 0 Å². The highest BCUT2D eigenvalue weighted by molar-refractivity contribution is 6.84. The first-order valence-corrected chi connectivity index (χ1v) is 17.0. The first-order chi connectivity index (χ1) is 13.8. The molecule has 3 heterocycles. The average molecular weight is 439 g/mol. The van der Waals surface area contributed by atoms with E-state index in [0.29, 0.717) is 0 Å². The predicted molar refractivity (Wildman–Crippen MR) is 130 cm³/mol. The summed E-state index contributed by atoms with van der Waals surface area (Å²) in [6.45, 7) is 24.0. The molecular formula is C21H46N6Si2. The van der Waals surface area contributed by atoms with E-state index in [1.807, 2.05) is 0 Å². The molecule has 0 saturated carbocycles. The fourth-order valence-corrected chi connectivity index (χ4v) is 14.2. The van der Waals surface area contributed by atoms with Crippen LogP contribution in [0.5, 0.6) is 0 Å². The minimum absolute atomic E-state index is 1.22. The van der Waals surface area contributed by atoms with Crippen molar-refractivity contribution in [1.29, 1.82) is 0 Å². The number of hydrogen-bond acceptors (Lipinski definition) is 6. The van der Waals surface area contributed by atoms with Crippen LogP contribution < -0.4 is 0 Å². The van der Waals surface area contributed by atoms with Gasteiger partial charge in [0.15, 0.2) is 0 Å². The van der Waals surface area contributed by atoms with Gasteiger partial charge in [-0.05, 0) is 27.2 Å². The largest absolute Gasteiger partial charge is 0.304 e. The lowest BCUT2D eigenvalue weighted by Crippen LogP contribution is -2.80. The van der Waals surface area contributed by atoms with E-state index < -0.39 is 16.6 Å². The van der Waals surface area contributed by atoms with E-state index in [-0.39, 0.29) is 0 Å². The lowest BCUT2D eigenvalue weighted by Gasteiger charge is -2.58. The Morgan fingerprint density at radius 3 is 1.17 bits per heavy atom. The van der Waals surface area contributed by atoms with E-state index in [0.717, 1.165) is 0 Å². The topological polar surface area (TPSA) is 19.4 Å². The Morgan fingerprint density at radius 1 is 0.586 bits per heavy atom. The molecule has 3 saturated heterocycles. The maximum absolute atomic E-state index is 4.22. The molecule has 3 fully saturated rings. The highest BCUT2D eigenvalue weighted by atomic mass is 28.4. The van der Waals surface area contributed by atoms with E-state index in [2.05, 4.69) is 74.9 Å². The maximum Gasteiger partial charge on any atom is 0.289 e. The molecule has 0 bridgehead atoms. The molecule has 0 N–H and O–H groups in total. The molecule has 8 heteroatoms. The Kier molecular flexibility index (Phi) is 8.17. The van der Waals surface area contributed by atoms with Gasteiger partial charge in [-0.1, -0.05) is 19.1 Å². The quantitative estimate of drug-likeness (QED) is 0.551. The molecule has 0 atom stereocenters. The van der Waals surface area contributed by atoms with Gasteiger partial charge in [0, 0.05) is 78.5 Å². The third-order valence-corrected chi connectivity index (χ3v) is 16.1. The van der Waals surface area contributed by atoms with Gasteiger partial charge in [-0.15, -0.1) is 12.3 Å². The highest BCUT2D eigenvalue weighted by Gasteiger charge is 2.52. The molecule has 3 aliphatic rings. The van der Waals surface area contributed by atoms with Crippen LogP contribution in [-0.4, -0.2) is 145 Å². The fourth-order valence-electron chi connectivity index (χ4n) is 5.16. The van der Waals surface area contributed by atoms with E-state index in [9.17, 15) is 0 Å². The van der Waals surface area contributed by atoms with Crippen molar-refractivity contribution in [3.63, 3.8) is 0 Å². The van der Waals surface area contributed by atoms with Gasteiger partial charge >= 0.3 is 0 Å². The Hall–Kier alpha value is -0.0662. The number of rotatable bonds is 7. The van der Waals surface area contributed by atoms with Crippen LogP contribution in [0.2, 0.25) is 25.2 Å². The minimum Gasteiger partial charge on any atom is -0.304 e. The summed E-state index contributed by atoms with van der Waals surface area (Å²) >= 11 is 0. The molecule has 0 radical (unpaired) electrons. The molecule has 29 heavy (non-hydrogen) atoms. The summed E-state index contributed by atoms with van der Waals surface area (Å²) in [6.07, 6.45) is 0. The molecule has 3 rings (SSSR count). The minimum atomic E-state index is -1.90. The van der Waals surface area contributed by atoms with Crippen LogP contribution in [0.25, 0.3) is 0 Å². The molecule has 0 aromatic heterocycles. The van der Waals surface area contributed by atoms with Gasteiger partial charge in [-0.3, -0.25) is 13.7 Å². The summed E-state index contributed by atoms with van der Waals surface area (Å²) in [4.78, 5) is 7.56. The third kappa shape index (κ3) is 5.60. The standard InChI is InChI=1S/C21H46N6Si2/c1-7-28(5,6)20-21-29(25-14-8-22(2)9-15-25,26-16-10-23(3)11-17-26)27-18-12-24(4)13-19-27/h7H,1,8-21H2,2-6H3. The van der Waals surface area contributed by atoms with E-state index in [4.69, 9.17) is 0 Å². The highest BCUT2D eigenvalue weighted by Crippen LogP contribution is 2.32. The number of piperazine rings is 3. The Bertz CT molecular complexity index is 466. The maximum atomic E-state index is 4.22. The van der Waals surface area contributed by atoms with Crippen LogP contribution >= 0.6 is 0 Å². The fraction of sp³-hybridized carbons (Fsp3) is 0.905. The molecule has 0 unspecified atom stereocenters. The monoisotopic (exact) mass is 438 g/mol. The van der Waals surface area contributed by atoms with Crippen molar-refractivity contribution in [2.24, 2.45) is 0 Å². The van der Waals surface area contributed by atoms with Gasteiger partial charge in [-0.25, -0.2) is 0 Å². The average Bonchev–Trinajstić information content (AvgIpc) is 2.72. The van der Waals surface area contributed by atoms with Crippen LogP contribution in [0.1, 0.15) is 0 Å². The Morgan fingerprint density at radius 2 is 0.897 bits per heavy atom. The van der Waals surface area contributed by atoms with E-state index in [1.54, 1.807) is 0 Å². The van der Waals surface area contributed by atoms with Crippen LogP contribution in [0, 0.1) is 0 Å². The van der Waals surface area contributed by atoms with Gasteiger partial charge in [0.1, 0.15) is 0 Å². The first-order valence-electron chi connectivity index (χ1n) is 11.7. The Labute approximate surface area is 182 Å². The molecule has 168 valence electrons. The molecule has 0 amide bonds. The molecule has 3 aliphatic heterocycles. The van der Waals surface area contributed by atoms with E-state index in [1.165, 1.54) is 90.6 Å². The molecule has 6 nitrogen and oxygen atoms in total. The van der Waals surface area contributed by atoms with Gasteiger partial charge in [0.25, 0.3) is 8.56 Å². The second-order valence-electron chi connectivity index (χ2n) is 10.3. The third-order valence-electron chi connectivity index (χ3n) is 7.69. The smallest absolute Gasteiger partial charge is 0.289 e. The zero-order valence-corrected chi connectivity index (χ0v) is 21.9. The van der Waals surface area contributed by atoms with Crippen LogP contribution in [-0.2, 0) is 0 Å². The summed E-state index contributed by atoms with van der Waals surface area (Å²) in [5.74, 6) is 0. The van der Waals surface area contributed by atoms with Gasteiger partial charge in [0.05, 0.1) is 8.07 Å². The Balaban J connectivity index is 1.93. The molecular weight excluding hydrogens is 392 g/mol. The van der Waals surface area contributed by atoms with Crippen LogP contribution in [0.15, 0.2) is 12.3 Å². The van der Waals surface area contributed by atoms with Gasteiger partial charge in [0.2, 0.25) is 0 Å². The number of hydrogen-bond donors (Lipinski definition) is 0. The van der Waals surface area contributed by atoms with Crippen molar-refractivity contribution >= 4 is 16.6 Å². The van der Waals surface area contributed by atoms with Gasteiger partial charge < -0.3 is 14.7 Å². The normalized spacial score (nSPS) is 26.1. The second kappa shape index (κ2) is 10.0. The zero-order chi connectivity index (χ0) is 21.1. The summed E-state index contributed by atoms with van der Waals surface area (Å²) in [7, 11) is 3.64. The number of likely N-dealkylation sites (N-methyl/N-ethyl adjacent to an activating group) is 3. The lowest BCUT2D eigenvalue weighted by atomic mass is 10.4. The summed E-state index contributed by atoms with van der Waals surface area (Å²) < 4.78 is 9.03. The summed E-state index contributed by atoms with van der Waals surface area (Å²) in [6, 6.07) is 2.78. The SMILES string of the molecule is C=C[Si](C)(C)CC[Si](N1CCN(C)CC1)(N1CCN(C)CC1)N1CCN(C)CC1. The van der Waals surface area contributed by atoms with Crippen molar-refractivity contribution in [2.75, 3.05) is 99.7 Å². The van der Waals surface area contributed by atoms with E-state index >= 15 is 0 Å². The zero-order valence-electron chi connectivity index (χ0n) is 19.9. The van der Waals surface area contributed by atoms with Crippen molar-refractivity contribution in [1.82, 2.24) is 28.4 Å². The molecule has 0 aromatic carbocycles. The van der Waals surface area contributed by atoms with Crippen molar-refractivity contribution < 1.29 is 0 Å². The van der Waals surface area contributed by atoms with Crippen molar-refractivity contribution in [2.45, 2.75) is 25.2 Å². The summed E-state index contributed by atoms with van der Waals surface area (Å²) in [5, 5.41) is 0. The van der Waals surface area contributed by atoms with Crippen molar-refractivity contribution in [3.8, 4) is 0 Å².